The third kappa shape index (κ3) is 3.45. The summed E-state index contributed by atoms with van der Waals surface area (Å²) in [5.74, 6) is 0.397. The highest BCUT2D eigenvalue weighted by Gasteiger charge is 2.23. The van der Waals surface area contributed by atoms with Gasteiger partial charge in [0.15, 0.2) is 5.65 Å². The van der Waals surface area contributed by atoms with Crippen molar-refractivity contribution in [2.45, 2.75) is 60.9 Å². The normalized spacial score (nSPS) is 11.9. The summed E-state index contributed by atoms with van der Waals surface area (Å²) in [6.45, 7) is 16.1. The summed E-state index contributed by atoms with van der Waals surface area (Å²) in [6.07, 6.45) is 0. The molecule has 0 atom stereocenters. The molecule has 0 unspecified atom stereocenters. The van der Waals surface area contributed by atoms with Crippen molar-refractivity contribution in [2.75, 3.05) is 0 Å². The van der Waals surface area contributed by atoms with Crippen molar-refractivity contribution in [3.63, 3.8) is 0 Å². The van der Waals surface area contributed by atoms with E-state index >= 15 is 0 Å². The minimum absolute atomic E-state index is 0.397. The monoisotopic (exact) mass is 436 g/mol. The fraction of sp³-hybridized carbons (Fsp3) is 0.310. The number of hydrogen-bond acceptors (Lipinski definition) is 2. The lowest BCUT2D eigenvalue weighted by Gasteiger charge is -2.14. The minimum atomic E-state index is 0.397. The molecule has 0 saturated carbocycles. The Morgan fingerprint density at radius 3 is 2.12 bits per heavy atom. The Balaban J connectivity index is 1.87. The Bertz CT molecular complexity index is 1480. The topological polar surface area (TPSA) is 35.1 Å². The lowest BCUT2D eigenvalue weighted by Crippen LogP contribution is -2.09. The molecule has 0 bridgehead atoms. The molecule has 5 rings (SSSR count). The molecular weight excluding hydrogens is 404 g/mol. The van der Waals surface area contributed by atoms with Crippen molar-refractivity contribution in [2.24, 2.45) is 0 Å². The highest BCUT2D eigenvalue weighted by atomic mass is 15.3. The Hall–Kier alpha value is -3.40. The average molecular weight is 437 g/mol. The zero-order valence-corrected chi connectivity index (χ0v) is 20.7. The van der Waals surface area contributed by atoms with Crippen LogP contribution in [0.4, 0.5) is 0 Å². The van der Waals surface area contributed by atoms with Crippen molar-refractivity contribution >= 4 is 16.7 Å². The van der Waals surface area contributed by atoms with Gasteiger partial charge in [-0.2, -0.15) is 9.61 Å². The predicted molar refractivity (Wildman–Crippen MR) is 137 cm³/mol. The zero-order chi connectivity index (χ0) is 23.4. The zero-order valence-electron chi connectivity index (χ0n) is 20.7. The van der Waals surface area contributed by atoms with Gasteiger partial charge in [-0.1, -0.05) is 61.9 Å². The molecule has 0 aliphatic rings. The molecule has 0 amide bonds. The molecule has 168 valence electrons. The van der Waals surface area contributed by atoms with E-state index in [1.807, 2.05) is 0 Å². The SMILES string of the molecule is Cc1cc(C)c(-c2c(C)nn3c2nc(C)c2cc(C(C)C)n(Cc4ccccc4)c23)c(C)c1. The van der Waals surface area contributed by atoms with Crippen LogP contribution >= 0.6 is 0 Å². The van der Waals surface area contributed by atoms with Gasteiger partial charge in [-0.05, 0) is 68.9 Å². The van der Waals surface area contributed by atoms with Gasteiger partial charge in [0, 0.05) is 17.6 Å². The summed E-state index contributed by atoms with van der Waals surface area (Å²) in [4.78, 5) is 5.11. The smallest absolute Gasteiger partial charge is 0.165 e. The fourth-order valence-electron chi connectivity index (χ4n) is 5.32. The van der Waals surface area contributed by atoms with Crippen LogP contribution in [0, 0.1) is 34.6 Å². The van der Waals surface area contributed by atoms with E-state index in [1.165, 1.54) is 38.9 Å². The second-order valence-electron chi connectivity index (χ2n) is 9.70. The number of aromatic nitrogens is 4. The van der Waals surface area contributed by atoms with E-state index < -0.39 is 0 Å². The maximum absolute atomic E-state index is 5.11. The molecule has 0 saturated heterocycles. The molecule has 0 fully saturated rings. The molecule has 4 heteroatoms. The molecular formula is C29H32N4. The summed E-state index contributed by atoms with van der Waals surface area (Å²) >= 11 is 0. The van der Waals surface area contributed by atoms with Crippen molar-refractivity contribution < 1.29 is 0 Å². The van der Waals surface area contributed by atoms with Crippen LogP contribution in [0.1, 0.15) is 59.1 Å². The van der Waals surface area contributed by atoms with E-state index in [0.29, 0.717) is 5.92 Å². The van der Waals surface area contributed by atoms with Crippen molar-refractivity contribution in [1.29, 1.82) is 0 Å². The Morgan fingerprint density at radius 1 is 0.818 bits per heavy atom. The maximum atomic E-state index is 5.11. The lowest BCUT2D eigenvalue weighted by molar-refractivity contribution is 0.696. The largest absolute Gasteiger partial charge is 0.325 e. The molecule has 0 aliphatic carbocycles. The highest BCUT2D eigenvalue weighted by Crippen LogP contribution is 2.36. The first-order valence-corrected chi connectivity index (χ1v) is 11.8. The summed E-state index contributed by atoms with van der Waals surface area (Å²) in [5.41, 5.74) is 13.0. The minimum Gasteiger partial charge on any atom is -0.325 e. The molecule has 2 aromatic carbocycles. The first kappa shape index (κ1) is 21.4. The van der Waals surface area contributed by atoms with Crippen LogP contribution in [-0.4, -0.2) is 19.2 Å². The Kier molecular flexibility index (Phi) is 5.12. The van der Waals surface area contributed by atoms with Gasteiger partial charge in [0.25, 0.3) is 0 Å². The average Bonchev–Trinajstić information content (AvgIpc) is 3.27. The third-order valence-corrected chi connectivity index (χ3v) is 6.70. The second kappa shape index (κ2) is 7.87. The van der Waals surface area contributed by atoms with Gasteiger partial charge >= 0.3 is 0 Å². The standard InChI is InChI=1S/C29H32N4/c1-17(2)25-15-24-21(6)30-28-27(26-19(4)13-18(3)14-20(26)5)22(7)31-33(28)29(24)32(25)16-23-11-9-8-10-12-23/h8-15,17H,16H2,1-7H3. The quantitative estimate of drug-likeness (QED) is 0.302. The molecule has 5 aromatic rings. The maximum Gasteiger partial charge on any atom is 0.165 e. The van der Waals surface area contributed by atoms with E-state index in [-0.39, 0.29) is 0 Å². The number of hydrogen-bond donors (Lipinski definition) is 0. The van der Waals surface area contributed by atoms with Crippen LogP contribution in [0.2, 0.25) is 0 Å². The van der Waals surface area contributed by atoms with Gasteiger partial charge in [-0.3, -0.25) is 0 Å². The van der Waals surface area contributed by atoms with Gasteiger partial charge in [0.05, 0.1) is 17.0 Å². The van der Waals surface area contributed by atoms with Crippen LogP contribution in [0.5, 0.6) is 0 Å². The molecule has 3 heterocycles. The fourth-order valence-corrected chi connectivity index (χ4v) is 5.32. The summed E-state index contributed by atoms with van der Waals surface area (Å²) in [7, 11) is 0. The van der Waals surface area contributed by atoms with Crippen LogP contribution in [0.25, 0.3) is 27.8 Å². The molecule has 0 N–H and O–H groups in total. The predicted octanol–water partition coefficient (Wildman–Crippen LogP) is 7.06. The van der Waals surface area contributed by atoms with E-state index in [9.17, 15) is 0 Å². The van der Waals surface area contributed by atoms with Gasteiger partial charge in [0.2, 0.25) is 0 Å². The number of rotatable bonds is 4. The van der Waals surface area contributed by atoms with E-state index in [2.05, 4.69) is 106 Å². The van der Waals surface area contributed by atoms with E-state index in [0.717, 1.165) is 34.8 Å². The number of fused-ring (bicyclic) bond motifs is 3. The molecule has 0 aliphatic heterocycles. The van der Waals surface area contributed by atoms with Crippen LogP contribution in [-0.2, 0) is 6.54 Å². The second-order valence-corrected chi connectivity index (χ2v) is 9.70. The van der Waals surface area contributed by atoms with E-state index in [4.69, 9.17) is 10.1 Å². The summed E-state index contributed by atoms with van der Waals surface area (Å²) in [5, 5.41) is 6.25. The van der Waals surface area contributed by atoms with Gasteiger partial charge in [0.1, 0.15) is 5.65 Å². The van der Waals surface area contributed by atoms with Crippen LogP contribution in [0.3, 0.4) is 0 Å². The lowest BCUT2D eigenvalue weighted by atomic mass is 9.94. The first-order chi connectivity index (χ1) is 15.8. The number of benzene rings is 2. The van der Waals surface area contributed by atoms with Crippen molar-refractivity contribution in [3.05, 3.63) is 87.9 Å². The van der Waals surface area contributed by atoms with Gasteiger partial charge in [-0.15, -0.1) is 0 Å². The van der Waals surface area contributed by atoms with Crippen LogP contribution in [0.15, 0.2) is 48.5 Å². The molecule has 4 nitrogen and oxygen atoms in total. The van der Waals surface area contributed by atoms with Crippen molar-refractivity contribution in [1.82, 2.24) is 19.2 Å². The number of nitrogens with zero attached hydrogens (tertiary/aromatic N) is 4. The third-order valence-electron chi connectivity index (χ3n) is 6.70. The summed E-state index contributed by atoms with van der Waals surface area (Å²) in [6, 6.07) is 17.5. The molecule has 33 heavy (non-hydrogen) atoms. The number of aryl methyl sites for hydroxylation is 5. The Labute approximate surface area is 195 Å². The molecule has 0 spiro atoms. The van der Waals surface area contributed by atoms with E-state index in [1.54, 1.807) is 0 Å². The Morgan fingerprint density at radius 2 is 1.48 bits per heavy atom. The first-order valence-electron chi connectivity index (χ1n) is 11.8. The highest BCUT2D eigenvalue weighted by molar-refractivity contribution is 5.90. The molecule has 0 radical (unpaired) electrons. The van der Waals surface area contributed by atoms with Crippen molar-refractivity contribution in [3.8, 4) is 11.1 Å². The molecule has 3 aromatic heterocycles. The van der Waals surface area contributed by atoms with Gasteiger partial charge < -0.3 is 4.57 Å². The van der Waals surface area contributed by atoms with Crippen LogP contribution < -0.4 is 0 Å². The summed E-state index contributed by atoms with van der Waals surface area (Å²) < 4.78 is 4.52. The van der Waals surface area contributed by atoms with Gasteiger partial charge in [-0.25, -0.2) is 4.98 Å².